The maximum Gasteiger partial charge on any atom is 0.303 e. The van der Waals surface area contributed by atoms with Crippen molar-refractivity contribution in [2.45, 2.75) is 70.5 Å². The second-order valence-electron chi connectivity index (χ2n) is 5.85. The third-order valence-electron chi connectivity index (χ3n) is 3.54. The monoisotopic (exact) mass is 352 g/mol. The van der Waals surface area contributed by atoms with Crippen LogP contribution in [-0.2, 0) is 9.68 Å². The van der Waals surface area contributed by atoms with Crippen LogP contribution >= 0.6 is 0 Å². The molecule has 0 aliphatic heterocycles. The molecule has 142 valence electrons. The zero-order valence-electron chi connectivity index (χ0n) is 15.1. The third-order valence-corrected chi connectivity index (χ3v) is 3.54. The topological polar surface area (TPSA) is 87.0 Å². The summed E-state index contributed by atoms with van der Waals surface area (Å²) in [5.41, 5.74) is 0. The fourth-order valence-electron chi connectivity index (χ4n) is 2.11. The highest BCUT2D eigenvalue weighted by atomic mass is 17.1. The number of hydrogen-bond acceptors (Lipinski definition) is 4. The first kappa shape index (κ1) is 23.3. The zero-order valence-corrected chi connectivity index (χ0v) is 15.1. The van der Waals surface area contributed by atoms with Gasteiger partial charge in [-0.3, -0.25) is 10.1 Å². The molecule has 0 aliphatic carbocycles. The molecular weight excluding hydrogens is 320 g/mol. The summed E-state index contributed by atoms with van der Waals surface area (Å²) < 4.78 is 0. The van der Waals surface area contributed by atoms with E-state index in [0.29, 0.717) is 12.8 Å². The lowest BCUT2D eigenvalue weighted by atomic mass is 10.1. The van der Waals surface area contributed by atoms with Gasteiger partial charge in [0.05, 0.1) is 6.10 Å². The van der Waals surface area contributed by atoms with Crippen molar-refractivity contribution in [3.8, 4) is 0 Å². The lowest BCUT2D eigenvalue weighted by Crippen LogP contribution is -2.08. The van der Waals surface area contributed by atoms with Crippen LogP contribution in [0.15, 0.2) is 48.6 Å². The minimum atomic E-state index is -0.852. The molecule has 25 heavy (non-hydrogen) atoms. The molecule has 0 aromatic heterocycles. The summed E-state index contributed by atoms with van der Waals surface area (Å²) in [5.74, 6) is -0.852. The molecule has 2 atom stereocenters. The van der Waals surface area contributed by atoms with Gasteiger partial charge in [0.2, 0.25) is 0 Å². The number of allylic oxidation sites excluding steroid dienone is 6. The van der Waals surface area contributed by atoms with Crippen LogP contribution in [0, 0.1) is 0 Å². The normalized spacial score (nSPS) is 15.0. The molecule has 0 saturated carbocycles. The van der Waals surface area contributed by atoms with Crippen LogP contribution in [0.1, 0.15) is 58.3 Å². The van der Waals surface area contributed by atoms with Gasteiger partial charge in [0, 0.05) is 6.42 Å². The minimum Gasteiger partial charge on any atom is -0.481 e. The van der Waals surface area contributed by atoms with Crippen LogP contribution in [0.5, 0.6) is 0 Å². The lowest BCUT2D eigenvalue weighted by Gasteiger charge is -2.06. The van der Waals surface area contributed by atoms with Crippen molar-refractivity contribution >= 4 is 5.97 Å². The van der Waals surface area contributed by atoms with E-state index in [0.717, 1.165) is 32.1 Å². The molecule has 0 bridgehead atoms. The molecule has 0 aromatic carbocycles. The van der Waals surface area contributed by atoms with Crippen LogP contribution in [-0.4, -0.2) is 33.6 Å². The molecule has 5 nitrogen and oxygen atoms in total. The fraction of sp³-hybridized carbons (Fsp3) is 0.550. The second kappa shape index (κ2) is 17.1. The number of carboxylic acids is 1. The molecule has 0 rings (SSSR count). The van der Waals surface area contributed by atoms with Crippen molar-refractivity contribution in [1.29, 1.82) is 0 Å². The van der Waals surface area contributed by atoms with E-state index in [-0.39, 0.29) is 12.5 Å². The Morgan fingerprint density at radius 1 is 1.00 bits per heavy atom. The third kappa shape index (κ3) is 16.9. The van der Waals surface area contributed by atoms with Crippen LogP contribution in [0.4, 0.5) is 0 Å². The Balaban J connectivity index is 3.89. The zero-order chi connectivity index (χ0) is 18.8. The SMILES string of the molecule is CCCCCC(O)/C=C/C=C\C/C=C\C=C\C(CCCC(=O)O)OO. The Morgan fingerprint density at radius 2 is 1.68 bits per heavy atom. The maximum atomic E-state index is 10.4. The molecule has 0 amide bonds. The molecule has 0 aliphatic rings. The molecule has 0 radical (unpaired) electrons. The van der Waals surface area contributed by atoms with Gasteiger partial charge in [-0.15, -0.1) is 0 Å². The first-order chi connectivity index (χ1) is 12.1. The van der Waals surface area contributed by atoms with Gasteiger partial charge in [-0.25, -0.2) is 4.89 Å². The smallest absolute Gasteiger partial charge is 0.303 e. The van der Waals surface area contributed by atoms with E-state index in [1.165, 1.54) is 0 Å². The standard InChI is InChI=1S/C20H32O5/c1-2-3-9-13-18(21)14-10-7-5-4-6-8-11-15-19(25-24)16-12-17-20(22)23/h5-8,10-11,14-15,18-19,21,24H,2-4,9,12-13,16-17H2,1H3,(H,22,23)/b7-5-,8-6-,14-10+,15-11+. The van der Waals surface area contributed by atoms with Crippen molar-refractivity contribution < 1.29 is 25.2 Å². The number of hydrogen-bond donors (Lipinski definition) is 3. The van der Waals surface area contributed by atoms with Crippen molar-refractivity contribution in [3.63, 3.8) is 0 Å². The number of rotatable bonds is 15. The molecule has 0 aromatic rings. The fourth-order valence-corrected chi connectivity index (χ4v) is 2.11. The number of unbranched alkanes of at least 4 members (excludes halogenated alkanes) is 2. The Labute approximate surface area is 151 Å². The van der Waals surface area contributed by atoms with Gasteiger partial charge in [-0.2, -0.15) is 0 Å². The Kier molecular flexibility index (Phi) is 16.0. The Bertz CT molecular complexity index is 437. The number of aliphatic hydroxyl groups is 1. The largest absolute Gasteiger partial charge is 0.481 e. The van der Waals surface area contributed by atoms with Crippen LogP contribution in [0.25, 0.3) is 0 Å². The maximum absolute atomic E-state index is 10.4. The number of carbonyl (C=O) groups is 1. The van der Waals surface area contributed by atoms with Gasteiger partial charge >= 0.3 is 5.97 Å². The summed E-state index contributed by atoms with van der Waals surface area (Å²) in [6, 6.07) is 0. The molecule has 0 saturated heterocycles. The van der Waals surface area contributed by atoms with E-state index in [2.05, 4.69) is 11.8 Å². The first-order valence-corrected chi connectivity index (χ1v) is 8.96. The van der Waals surface area contributed by atoms with Gasteiger partial charge in [0.1, 0.15) is 6.10 Å². The van der Waals surface area contributed by atoms with Crippen LogP contribution in [0.3, 0.4) is 0 Å². The number of carboxylic acid groups (broad SMARTS) is 1. The van der Waals surface area contributed by atoms with Crippen molar-refractivity contribution in [2.75, 3.05) is 0 Å². The summed E-state index contributed by atoms with van der Waals surface area (Å²) in [6.07, 6.45) is 19.8. The van der Waals surface area contributed by atoms with Crippen molar-refractivity contribution in [3.05, 3.63) is 48.6 Å². The van der Waals surface area contributed by atoms with Gasteiger partial charge in [0.15, 0.2) is 0 Å². The van der Waals surface area contributed by atoms with E-state index in [4.69, 9.17) is 10.4 Å². The first-order valence-electron chi connectivity index (χ1n) is 8.96. The number of aliphatic hydroxyl groups excluding tert-OH is 1. The molecule has 0 heterocycles. The summed E-state index contributed by atoms with van der Waals surface area (Å²) in [7, 11) is 0. The Morgan fingerprint density at radius 3 is 2.28 bits per heavy atom. The van der Waals surface area contributed by atoms with E-state index < -0.39 is 12.1 Å². The van der Waals surface area contributed by atoms with Gasteiger partial charge in [0.25, 0.3) is 0 Å². The van der Waals surface area contributed by atoms with Crippen LogP contribution in [0.2, 0.25) is 0 Å². The van der Waals surface area contributed by atoms with E-state index in [1.54, 1.807) is 18.2 Å². The van der Waals surface area contributed by atoms with Crippen molar-refractivity contribution in [2.24, 2.45) is 0 Å². The van der Waals surface area contributed by atoms with Crippen LogP contribution < -0.4 is 0 Å². The molecular formula is C20H32O5. The van der Waals surface area contributed by atoms with E-state index in [9.17, 15) is 9.90 Å². The van der Waals surface area contributed by atoms with E-state index in [1.807, 2.05) is 30.4 Å². The lowest BCUT2D eigenvalue weighted by molar-refractivity contribution is -0.267. The Hall–Kier alpha value is -1.69. The van der Waals surface area contributed by atoms with Crippen molar-refractivity contribution in [1.82, 2.24) is 0 Å². The highest BCUT2D eigenvalue weighted by Crippen LogP contribution is 2.06. The summed E-state index contributed by atoms with van der Waals surface area (Å²) >= 11 is 0. The molecule has 3 N–H and O–H groups in total. The summed E-state index contributed by atoms with van der Waals surface area (Å²) in [6.45, 7) is 2.14. The minimum absolute atomic E-state index is 0.0646. The predicted molar refractivity (Wildman–Crippen MR) is 100 cm³/mol. The summed E-state index contributed by atoms with van der Waals surface area (Å²) in [5, 5.41) is 27.0. The average Bonchev–Trinajstić information content (AvgIpc) is 2.58. The average molecular weight is 352 g/mol. The predicted octanol–water partition coefficient (Wildman–Crippen LogP) is 4.66. The molecule has 2 unspecified atom stereocenters. The second-order valence-corrected chi connectivity index (χ2v) is 5.85. The molecule has 0 fully saturated rings. The summed E-state index contributed by atoms with van der Waals surface area (Å²) in [4.78, 5) is 14.7. The van der Waals surface area contributed by atoms with Gasteiger partial charge in [-0.05, 0) is 25.7 Å². The number of aliphatic carboxylic acids is 1. The highest BCUT2D eigenvalue weighted by molar-refractivity contribution is 5.66. The molecule has 5 heteroatoms. The van der Waals surface area contributed by atoms with Gasteiger partial charge < -0.3 is 10.2 Å². The highest BCUT2D eigenvalue weighted by Gasteiger charge is 2.05. The molecule has 0 spiro atoms. The quantitative estimate of drug-likeness (QED) is 0.173. The van der Waals surface area contributed by atoms with E-state index >= 15 is 0 Å². The van der Waals surface area contributed by atoms with Gasteiger partial charge in [-0.1, -0.05) is 74.8 Å².